The number of hydrogen-bond acceptors (Lipinski definition) is 1. The monoisotopic (exact) mass is 153 g/mol. The second-order valence-corrected chi connectivity index (χ2v) is 3.59. The SMILES string of the molecule is C=CC(=O)NC(C)C1(C)CC1. The van der Waals surface area contributed by atoms with Gasteiger partial charge in [-0.3, -0.25) is 4.79 Å². The van der Waals surface area contributed by atoms with E-state index in [9.17, 15) is 4.79 Å². The van der Waals surface area contributed by atoms with Crippen LogP contribution in [0.3, 0.4) is 0 Å². The second kappa shape index (κ2) is 2.68. The fraction of sp³-hybridized carbons (Fsp3) is 0.667. The molecule has 0 saturated heterocycles. The lowest BCUT2D eigenvalue weighted by atomic mass is 10.0. The Bertz CT molecular complexity index is 182. The van der Waals surface area contributed by atoms with Crippen molar-refractivity contribution in [1.29, 1.82) is 0 Å². The van der Waals surface area contributed by atoms with Gasteiger partial charge in [-0.1, -0.05) is 13.5 Å². The summed E-state index contributed by atoms with van der Waals surface area (Å²) in [4.78, 5) is 10.9. The highest BCUT2D eigenvalue weighted by Gasteiger charge is 2.42. The molecular weight excluding hydrogens is 138 g/mol. The molecule has 2 nitrogen and oxygen atoms in total. The van der Waals surface area contributed by atoms with Crippen LogP contribution in [0.15, 0.2) is 12.7 Å². The van der Waals surface area contributed by atoms with Gasteiger partial charge in [-0.2, -0.15) is 0 Å². The molecule has 1 aliphatic carbocycles. The van der Waals surface area contributed by atoms with Crippen molar-refractivity contribution in [3.05, 3.63) is 12.7 Å². The van der Waals surface area contributed by atoms with Gasteiger partial charge in [0.25, 0.3) is 0 Å². The molecule has 0 aromatic carbocycles. The molecule has 0 aromatic heterocycles. The molecule has 1 fully saturated rings. The fourth-order valence-corrected chi connectivity index (χ4v) is 1.08. The van der Waals surface area contributed by atoms with E-state index in [2.05, 4.69) is 25.7 Å². The van der Waals surface area contributed by atoms with Gasteiger partial charge in [0.05, 0.1) is 0 Å². The summed E-state index contributed by atoms with van der Waals surface area (Å²) in [5.74, 6) is -0.0642. The number of carbonyl (C=O) groups excluding carboxylic acids is 1. The third kappa shape index (κ3) is 1.82. The average molecular weight is 153 g/mol. The summed E-state index contributed by atoms with van der Waals surface area (Å²) in [5, 5.41) is 2.88. The molecule has 0 aliphatic heterocycles. The van der Waals surface area contributed by atoms with Gasteiger partial charge in [0.2, 0.25) is 5.91 Å². The summed E-state index contributed by atoms with van der Waals surface area (Å²) in [7, 11) is 0. The Kier molecular flexibility index (Phi) is 2.03. The Morgan fingerprint density at radius 2 is 2.27 bits per heavy atom. The molecule has 62 valence electrons. The van der Waals surface area contributed by atoms with Crippen LogP contribution in [0.25, 0.3) is 0 Å². The van der Waals surface area contributed by atoms with Crippen LogP contribution in [-0.2, 0) is 4.79 Å². The Balaban J connectivity index is 2.37. The molecule has 0 radical (unpaired) electrons. The van der Waals surface area contributed by atoms with E-state index < -0.39 is 0 Å². The molecule has 0 bridgehead atoms. The normalized spacial score (nSPS) is 22.0. The molecule has 1 amide bonds. The molecular formula is C9H15NO. The lowest BCUT2D eigenvalue weighted by molar-refractivity contribution is -0.117. The number of hydrogen-bond donors (Lipinski definition) is 1. The van der Waals surface area contributed by atoms with Crippen LogP contribution in [0, 0.1) is 5.41 Å². The molecule has 1 aliphatic rings. The summed E-state index contributed by atoms with van der Waals surface area (Å²) in [6, 6.07) is 0.285. The molecule has 1 rings (SSSR count). The molecule has 1 saturated carbocycles. The minimum atomic E-state index is -0.0642. The summed E-state index contributed by atoms with van der Waals surface area (Å²) in [6.07, 6.45) is 3.78. The maximum atomic E-state index is 10.9. The van der Waals surface area contributed by atoms with Crippen LogP contribution in [0.4, 0.5) is 0 Å². The van der Waals surface area contributed by atoms with Gasteiger partial charge in [-0.05, 0) is 31.3 Å². The Morgan fingerprint density at radius 3 is 2.64 bits per heavy atom. The van der Waals surface area contributed by atoms with E-state index in [1.54, 1.807) is 0 Å². The van der Waals surface area contributed by atoms with Crippen molar-refractivity contribution in [2.75, 3.05) is 0 Å². The summed E-state index contributed by atoms with van der Waals surface area (Å²) in [5.41, 5.74) is 0.360. The minimum Gasteiger partial charge on any atom is -0.350 e. The highest BCUT2D eigenvalue weighted by molar-refractivity contribution is 5.87. The van der Waals surface area contributed by atoms with E-state index in [0.29, 0.717) is 5.41 Å². The van der Waals surface area contributed by atoms with E-state index in [1.807, 2.05) is 0 Å². The zero-order valence-corrected chi connectivity index (χ0v) is 7.18. The molecule has 1 unspecified atom stereocenters. The number of nitrogens with one attached hydrogen (secondary N) is 1. The van der Waals surface area contributed by atoms with Gasteiger partial charge < -0.3 is 5.32 Å². The minimum absolute atomic E-state index is 0.0642. The topological polar surface area (TPSA) is 29.1 Å². The average Bonchev–Trinajstić information content (AvgIpc) is 2.69. The van der Waals surface area contributed by atoms with Crippen LogP contribution in [0.1, 0.15) is 26.7 Å². The molecule has 2 heteroatoms. The lowest BCUT2D eigenvalue weighted by Crippen LogP contribution is -2.36. The van der Waals surface area contributed by atoms with Gasteiger partial charge in [0.15, 0.2) is 0 Å². The molecule has 0 aromatic rings. The first kappa shape index (κ1) is 8.31. The van der Waals surface area contributed by atoms with E-state index in [-0.39, 0.29) is 11.9 Å². The maximum Gasteiger partial charge on any atom is 0.243 e. The van der Waals surface area contributed by atoms with Crippen molar-refractivity contribution in [3.63, 3.8) is 0 Å². The van der Waals surface area contributed by atoms with Gasteiger partial charge in [-0.25, -0.2) is 0 Å². The Morgan fingerprint density at radius 1 is 1.73 bits per heavy atom. The zero-order valence-electron chi connectivity index (χ0n) is 7.18. The van der Waals surface area contributed by atoms with E-state index in [1.165, 1.54) is 18.9 Å². The first-order valence-electron chi connectivity index (χ1n) is 4.01. The number of amides is 1. The van der Waals surface area contributed by atoms with Crippen molar-refractivity contribution >= 4 is 5.91 Å². The molecule has 1 N–H and O–H groups in total. The first-order valence-corrected chi connectivity index (χ1v) is 4.01. The third-order valence-electron chi connectivity index (χ3n) is 2.63. The number of rotatable bonds is 3. The fourth-order valence-electron chi connectivity index (χ4n) is 1.08. The molecule has 0 heterocycles. The van der Waals surface area contributed by atoms with Crippen LogP contribution in [-0.4, -0.2) is 11.9 Å². The van der Waals surface area contributed by atoms with Crippen LogP contribution in [0.2, 0.25) is 0 Å². The van der Waals surface area contributed by atoms with Crippen LogP contribution >= 0.6 is 0 Å². The standard InChI is InChI=1S/C9H15NO/c1-4-8(11)10-7(2)9(3)5-6-9/h4,7H,1,5-6H2,2-3H3,(H,10,11). The maximum absolute atomic E-state index is 10.9. The van der Waals surface area contributed by atoms with Crippen molar-refractivity contribution in [1.82, 2.24) is 5.32 Å². The van der Waals surface area contributed by atoms with Gasteiger partial charge in [0.1, 0.15) is 0 Å². The van der Waals surface area contributed by atoms with Gasteiger partial charge in [-0.15, -0.1) is 0 Å². The van der Waals surface area contributed by atoms with Crippen molar-refractivity contribution < 1.29 is 4.79 Å². The molecule has 1 atom stereocenters. The molecule has 11 heavy (non-hydrogen) atoms. The molecule has 0 spiro atoms. The third-order valence-corrected chi connectivity index (χ3v) is 2.63. The predicted molar refractivity (Wildman–Crippen MR) is 45.1 cm³/mol. The van der Waals surface area contributed by atoms with Gasteiger partial charge in [0, 0.05) is 6.04 Å². The van der Waals surface area contributed by atoms with E-state index in [4.69, 9.17) is 0 Å². The summed E-state index contributed by atoms with van der Waals surface area (Å²) < 4.78 is 0. The number of carbonyl (C=O) groups is 1. The Labute approximate surface area is 67.7 Å². The summed E-state index contributed by atoms with van der Waals surface area (Å²) >= 11 is 0. The summed E-state index contributed by atoms with van der Waals surface area (Å²) in [6.45, 7) is 7.65. The van der Waals surface area contributed by atoms with Crippen molar-refractivity contribution in [2.24, 2.45) is 5.41 Å². The second-order valence-electron chi connectivity index (χ2n) is 3.59. The zero-order chi connectivity index (χ0) is 8.48. The lowest BCUT2D eigenvalue weighted by Gasteiger charge is -2.18. The van der Waals surface area contributed by atoms with Crippen LogP contribution < -0.4 is 5.32 Å². The first-order chi connectivity index (χ1) is 5.08. The van der Waals surface area contributed by atoms with Gasteiger partial charge >= 0.3 is 0 Å². The highest BCUT2D eigenvalue weighted by atomic mass is 16.1. The van der Waals surface area contributed by atoms with Crippen molar-refractivity contribution in [3.8, 4) is 0 Å². The highest BCUT2D eigenvalue weighted by Crippen LogP contribution is 2.47. The smallest absolute Gasteiger partial charge is 0.243 e. The largest absolute Gasteiger partial charge is 0.350 e. The predicted octanol–water partition coefficient (Wildman–Crippen LogP) is 1.48. The Hall–Kier alpha value is -0.790. The quantitative estimate of drug-likeness (QED) is 0.611. The van der Waals surface area contributed by atoms with E-state index >= 15 is 0 Å². The van der Waals surface area contributed by atoms with Crippen molar-refractivity contribution in [2.45, 2.75) is 32.7 Å². The van der Waals surface area contributed by atoms with Crippen LogP contribution in [0.5, 0.6) is 0 Å². The van der Waals surface area contributed by atoms with E-state index in [0.717, 1.165) is 0 Å².